The van der Waals surface area contributed by atoms with Gasteiger partial charge in [0, 0.05) is 32.0 Å². The van der Waals surface area contributed by atoms with Gasteiger partial charge in [-0.25, -0.2) is 0 Å². The van der Waals surface area contributed by atoms with Crippen molar-refractivity contribution in [1.82, 2.24) is 4.57 Å². The van der Waals surface area contributed by atoms with Crippen molar-refractivity contribution in [2.24, 2.45) is 0 Å². The Hall–Kier alpha value is -5.64. The smallest absolute Gasteiger partial charge is 0.0727 e. The second-order valence-electron chi connectivity index (χ2n) is 13.4. The molecule has 2 nitrogen and oxygen atoms in total. The van der Waals surface area contributed by atoms with E-state index in [0.717, 1.165) is 0 Å². The highest BCUT2D eigenvalue weighted by Gasteiger charge is 2.37. The number of nitrogens with zero attached hydrogens (tertiary/aromatic N) is 2. The van der Waals surface area contributed by atoms with Crippen molar-refractivity contribution in [2.45, 2.75) is 19.3 Å². The van der Waals surface area contributed by atoms with Gasteiger partial charge in [0.1, 0.15) is 0 Å². The molecule has 0 amide bonds. The van der Waals surface area contributed by atoms with Crippen LogP contribution in [0.5, 0.6) is 0 Å². The van der Waals surface area contributed by atoms with Gasteiger partial charge in [0.2, 0.25) is 0 Å². The number of rotatable bonds is 3. The van der Waals surface area contributed by atoms with Crippen LogP contribution >= 0.6 is 11.3 Å². The second-order valence-corrected chi connectivity index (χ2v) is 14.4. The van der Waals surface area contributed by atoms with Crippen molar-refractivity contribution in [1.29, 1.82) is 0 Å². The minimum absolute atomic E-state index is 0.178. The summed E-state index contributed by atoms with van der Waals surface area (Å²) in [6, 6.07) is 58.0. The van der Waals surface area contributed by atoms with Gasteiger partial charge < -0.3 is 9.47 Å². The molecule has 0 N–H and O–H groups in total. The number of hydrogen-bond acceptors (Lipinski definition) is 2. The monoisotopic (exact) mass is 632 g/mol. The van der Waals surface area contributed by atoms with Crippen molar-refractivity contribution >= 4 is 70.4 Å². The van der Waals surface area contributed by atoms with Crippen molar-refractivity contribution in [2.75, 3.05) is 4.90 Å². The van der Waals surface area contributed by atoms with Gasteiger partial charge in [-0.1, -0.05) is 117 Å². The SMILES string of the molecule is CC1(C)c2ccccc2N(c2cccc3ccccc23)c2ccc(-c3ccc4c(c3)c3sc5ccccc5c3n4-c3ccccc3)cc21. The summed E-state index contributed by atoms with van der Waals surface area (Å²) in [7, 11) is 0. The van der Waals surface area contributed by atoms with Crippen LogP contribution in [0.1, 0.15) is 25.0 Å². The minimum Gasteiger partial charge on any atom is -0.309 e. The van der Waals surface area contributed by atoms with Crippen molar-refractivity contribution < 1.29 is 0 Å². The van der Waals surface area contributed by atoms with Gasteiger partial charge >= 0.3 is 0 Å². The van der Waals surface area contributed by atoms with Crippen LogP contribution in [0.2, 0.25) is 0 Å². The highest BCUT2D eigenvalue weighted by atomic mass is 32.1. The molecule has 0 aliphatic carbocycles. The first-order valence-corrected chi connectivity index (χ1v) is 17.4. The van der Waals surface area contributed by atoms with Crippen LogP contribution in [-0.2, 0) is 5.41 Å². The fourth-order valence-corrected chi connectivity index (χ4v) is 9.25. The van der Waals surface area contributed by atoms with Gasteiger partial charge in [0.05, 0.1) is 32.8 Å². The zero-order valence-electron chi connectivity index (χ0n) is 26.8. The molecule has 0 unspecified atom stereocenters. The van der Waals surface area contributed by atoms with Gasteiger partial charge in [0.25, 0.3) is 0 Å². The average Bonchev–Trinajstić information content (AvgIpc) is 3.66. The van der Waals surface area contributed by atoms with Gasteiger partial charge in [-0.3, -0.25) is 0 Å². The fraction of sp³-hybridized carbons (Fsp3) is 0.0667. The van der Waals surface area contributed by atoms with E-state index in [1.807, 2.05) is 11.3 Å². The molecule has 0 atom stereocenters. The molecular weight excluding hydrogens is 601 g/mol. The summed E-state index contributed by atoms with van der Waals surface area (Å²) in [4.78, 5) is 2.48. The molecule has 1 aliphatic heterocycles. The van der Waals surface area contributed by atoms with Crippen LogP contribution in [0, 0.1) is 0 Å². The predicted octanol–water partition coefficient (Wildman–Crippen LogP) is 12.9. The van der Waals surface area contributed by atoms with Gasteiger partial charge in [-0.05, 0) is 82.2 Å². The number of aromatic nitrogens is 1. The summed E-state index contributed by atoms with van der Waals surface area (Å²) < 4.78 is 5.11. The van der Waals surface area contributed by atoms with E-state index in [0.29, 0.717) is 0 Å². The summed E-state index contributed by atoms with van der Waals surface area (Å²) in [5.41, 5.74) is 12.4. The Balaban J connectivity index is 1.20. The van der Waals surface area contributed by atoms with Gasteiger partial charge in [-0.2, -0.15) is 0 Å². The van der Waals surface area contributed by atoms with E-state index >= 15 is 0 Å². The van der Waals surface area contributed by atoms with Gasteiger partial charge in [0.15, 0.2) is 0 Å². The Morgan fingerprint density at radius 1 is 0.500 bits per heavy atom. The topological polar surface area (TPSA) is 8.17 Å². The molecule has 0 fully saturated rings. The quantitative estimate of drug-likeness (QED) is 0.188. The first-order chi connectivity index (χ1) is 23.6. The summed E-state index contributed by atoms with van der Waals surface area (Å²) in [5.74, 6) is 0. The molecule has 3 heteroatoms. The molecule has 0 saturated heterocycles. The van der Waals surface area contributed by atoms with Crippen molar-refractivity contribution in [3.63, 3.8) is 0 Å². The van der Waals surface area contributed by atoms with E-state index in [1.165, 1.54) is 87.0 Å². The Morgan fingerprint density at radius 3 is 2.06 bits per heavy atom. The van der Waals surface area contributed by atoms with Crippen LogP contribution in [-0.4, -0.2) is 4.57 Å². The summed E-state index contributed by atoms with van der Waals surface area (Å²) >= 11 is 1.90. The number of benzene rings is 7. The third-order valence-corrected chi connectivity index (χ3v) is 11.6. The summed E-state index contributed by atoms with van der Waals surface area (Å²) in [6.07, 6.45) is 0. The van der Waals surface area contributed by atoms with E-state index in [9.17, 15) is 0 Å². The molecule has 0 radical (unpaired) electrons. The summed E-state index contributed by atoms with van der Waals surface area (Å²) in [6.45, 7) is 4.75. The first kappa shape index (κ1) is 27.5. The normalized spacial score (nSPS) is 13.8. The molecule has 48 heavy (non-hydrogen) atoms. The van der Waals surface area contributed by atoms with Crippen LogP contribution in [0.15, 0.2) is 158 Å². The molecule has 0 saturated carbocycles. The van der Waals surface area contributed by atoms with E-state index in [-0.39, 0.29) is 5.41 Å². The van der Waals surface area contributed by atoms with Gasteiger partial charge in [-0.15, -0.1) is 11.3 Å². The number of anilines is 3. The Kier molecular flexibility index (Phi) is 5.82. The van der Waals surface area contributed by atoms with Crippen LogP contribution < -0.4 is 4.90 Å². The molecule has 1 aliphatic rings. The largest absolute Gasteiger partial charge is 0.309 e. The first-order valence-electron chi connectivity index (χ1n) is 16.6. The zero-order valence-corrected chi connectivity index (χ0v) is 27.6. The standard InChI is InChI=1S/C45H32N2S/c1-45(2)36-19-9-10-20-40(36)47(38-21-12-14-29-13-6-7-17-33(29)38)41-26-24-31(28-37(41)45)30-23-25-39-35(27-30)44-43(34-18-8-11-22-42(34)48-44)46(39)32-15-4-3-5-16-32/h3-28H,1-2H3. The van der Waals surface area contributed by atoms with Crippen LogP contribution in [0.4, 0.5) is 17.1 Å². The molecule has 2 aromatic heterocycles. The zero-order chi connectivity index (χ0) is 32.0. The highest BCUT2D eigenvalue weighted by molar-refractivity contribution is 7.26. The lowest BCUT2D eigenvalue weighted by Gasteiger charge is -2.42. The third kappa shape index (κ3) is 3.85. The highest BCUT2D eigenvalue weighted by Crippen LogP contribution is 2.54. The molecule has 7 aromatic carbocycles. The summed E-state index contributed by atoms with van der Waals surface area (Å²) in [5, 5.41) is 5.11. The Bertz CT molecular complexity index is 2710. The average molecular weight is 633 g/mol. The Labute approximate surface area is 283 Å². The lowest BCUT2D eigenvalue weighted by atomic mass is 9.73. The lowest BCUT2D eigenvalue weighted by molar-refractivity contribution is 0.632. The maximum absolute atomic E-state index is 2.48. The maximum Gasteiger partial charge on any atom is 0.0727 e. The molecule has 10 rings (SSSR count). The lowest BCUT2D eigenvalue weighted by Crippen LogP contribution is -2.30. The van der Waals surface area contributed by atoms with E-state index < -0.39 is 0 Å². The molecule has 0 spiro atoms. The van der Waals surface area contributed by atoms with E-state index in [1.54, 1.807) is 0 Å². The predicted molar refractivity (Wildman–Crippen MR) is 206 cm³/mol. The third-order valence-electron chi connectivity index (χ3n) is 10.4. The second kappa shape index (κ2) is 10.2. The number of fused-ring (bicyclic) bond motifs is 8. The molecule has 0 bridgehead atoms. The number of thiophene rings is 1. The van der Waals surface area contributed by atoms with Crippen molar-refractivity contribution in [3.05, 3.63) is 169 Å². The van der Waals surface area contributed by atoms with Crippen LogP contribution in [0.25, 0.3) is 58.8 Å². The number of para-hydroxylation sites is 2. The van der Waals surface area contributed by atoms with Crippen molar-refractivity contribution in [3.8, 4) is 16.8 Å². The van der Waals surface area contributed by atoms with E-state index in [4.69, 9.17) is 0 Å². The molecular formula is C45H32N2S. The minimum atomic E-state index is -0.178. The molecule has 228 valence electrons. The maximum atomic E-state index is 2.48. The fourth-order valence-electron chi connectivity index (χ4n) is 8.04. The van der Waals surface area contributed by atoms with E-state index in [2.05, 4.69) is 181 Å². The number of hydrogen-bond donors (Lipinski definition) is 0. The Morgan fingerprint density at radius 2 is 1.17 bits per heavy atom. The molecule has 9 aromatic rings. The van der Waals surface area contributed by atoms with Crippen LogP contribution in [0.3, 0.4) is 0 Å². The molecule has 3 heterocycles.